The summed E-state index contributed by atoms with van der Waals surface area (Å²) in [5.41, 5.74) is 5.89. The van der Waals surface area contributed by atoms with Crippen LogP contribution in [0.25, 0.3) is 0 Å². The third kappa shape index (κ3) is 3.32. The highest BCUT2D eigenvalue weighted by atomic mass is 16.5. The summed E-state index contributed by atoms with van der Waals surface area (Å²) in [6.45, 7) is 2.71. The van der Waals surface area contributed by atoms with E-state index >= 15 is 0 Å². The maximum atomic E-state index is 12.2. The molecule has 0 aromatic carbocycles. The van der Waals surface area contributed by atoms with Crippen LogP contribution in [-0.2, 0) is 20.9 Å². The molecule has 8 nitrogen and oxygen atoms in total. The van der Waals surface area contributed by atoms with E-state index in [1.165, 1.54) is 0 Å². The number of methoxy groups -OCH3 is 1. The number of nitrogens with two attached hydrogens (primary N) is 1. The van der Waals surface area contributed by atoms with Crippen molar-refractivity contribution >= 4 is 17.7 Å². The molecule has 2 aliphatic heterocycles. The van der Waals surface area contributed by atoms with Gasteiger partial charge in [-0.15, -0.1) is 0 Å². The Morgan fingerprint density at radius 1 is 1.44 bits per heavy atom. The Labute approximate surface area is 146 Å². The van der Waals surface area contributed by atoms with Gasteiger partial charge in [0.25, 0.3) is 0 Å². The summed E-state index contributed by atoms with van der Waals surface area (Å²) in [6.07, 6.45) is 1.93. The molecule has 0 bridgehead atoms. The lowest BCUT2D eigenvalue weighted by Crippen LogP contribution is -2.42. The highest BCUT2D eigenvalue weighted by Gasteiger charge is 2.58. The molecule has 3 N–H and O–H groups in total. The van der Waals surface area contributed by atoms with Gasteiger partial charge in [0.2, 0.25) is 5.91 Å². The normalized spacial score (nSPS) is 26.0. The van der Waals surface area contributed by atoms with Crippen molar-refractivity contribution in [1.29, 1.82) is 0 Å². The van der Waals surface area contributed by atoms with Gasteiger partial charge in [0.1, 0.15) is 11.2 Å². The standard InChI is InChI=1S/C17H24N4O4/c1-25-6-4-14(22)21-9-13-8-20(10-17(13,11-21)16(23)24)7-12-3-2-5-19-15(12)18/h2-3,5,13H,4,6-11H2,1H3,(H2,18,19)(H,23,24)/t13-,17-/m1/s1. The van der Waals surface area contributed by atoms with Crippen LogP contribution in [-0.4, -0.2) is 71.7 Å². The largest absolute Gasteiger partial charge is 0.481 e. The van der Waals surface area contributed by atoms with E-state index in [9.17, 15) is 14.7 Å². The van der Waals surface area contributed by atoms with Crippen molar-refractivity contribution in [3.05, 3.63) is 23.9 Å². The molecule has 1 aromatic heterocycles. The number of carbonyl (C=O) groups is 2. The van der Waals surface area contributed by atoms with Crippen molar-refractivity contribution in [2.75, 3.05) is 45.6 Å². The SMILES string of the molecule is COCCC(=O)N1C[C@H]2CN(Cc3cccnc3N)C[C@@]2(C(=O)O)C1. The highest BCUT2D eigenvalue weighted by molar-refractivity contribution is 5.81. The summed E-state index contributed by atoms with van der Waals surface area (Å²) in [7, 11) is 1.55. The summed E-state index contributed by atoms with van der Waals surface area (Å²) in [4.78, 5) is 32.1. The van der Waals surface area contributed by atoms with E-state index in [1.807, 2.05) is 12.1 Å². The van der Waals surface area contributed by atoms with Crippen molar-refractivity contribution in [3.63, 3.8) is 0 Å². The zero-order valence-electron chi connectivity index (χ0n) is 14.4. The molecule has 1 aromatic rings. The number of nitrogens with zero attached hydrogens (tertiary/aromatic N) is 3. The maximum Gasteiger partial charge on any atom is 0.313 e. The summed E-state index contributed by atoms with van der Waals surface area (Å²) in [6, 6.07) is 3.73. The molecule has 8 heteroatoms. The van der Waals surface area contributed by atoms with Crippen molar-refractivity contribution in [2.45, 2.75) is 13.0 Å². The molecule has 2 fully saturated rings. The molecule has 2 saturated heterocycles. The van der Waals surface area contributed by atoms with E-state index in [0.717, 1.165) is 5.56 Å². The number of nitrogen functional groups attached to an aromatic ring is 1. The van der Waals surface area contributed by atoms with Gasteiger partial charge in [-0.05, 0) is 6.07 Å². The number of aromatic nitrogens is 1. The van der Waals surface area contributed by atoms with Gasteiger partial charge in [-0.2, -0.15) is 0 Å². The fourth-order valence-electron chi connectivity index (χ4n) is 3.96. The molecular weight excluding hydrogens is 324 g/mol. The number of carboxylic acid groups (broad SMARTS) is 1. The number of carbonyl (C=O) groups excluding carboxylic acids is 1. The van der Waals surface area contributed by atoms with Crippen LogP contribution < -0.4 is 5.73 Å². The number of rotatable bonds is 6. The molecule has 136 valence electrons. The van der Waals surface area contributed by atoms with Crippen molar-refractivity contribution in [2.24, 2.45) is 11.3 Å². The van der Waals surface area contributed by atoms with Gasteiger partial charge in [0.05, 0.1) is 13.0 Å². The highest BCUT2D eigenvalue weighted by Crippen LogP contribution is 2.43. The van der Waals surface area contributed by atoms with Gasteiger partial charge in [0, 0.05) is 57.5 Å². The molecule has 0 unspecified atom stereocenters. The minimum Gasteiger partial charge on any atom is -0.481 e. The minimum absolute atomic E-state index is 0.0417. The number of ether oxygens (including phenoxy) is 1. The second-order valence-corrected chi connectivity index (χ2v) is 6.89. The molecule has 1 amide bonds. The molecule has 2 atom stereocenters. The Hall–Kier alpha value is -2.19. The number of hydrogen-bond donors (Lipinski definition) is 2. The Morgan fingerprint density at radius 2 is 2.24 bits per heavy atom. The Bertz CT molecular complexity index is 668. The number of pyridine rings is 1. The Morgan fingerprint density at radius 3 is 2.88 bits per heavy atom. The van der Waals surface area contributed by atoms with Crippen LogP contribution in [0.5, 0.6) is 0 Å². The predicted molar refractivity (Wildman–Crippen MR) is 90.6 cm³/mol. The van der Waals surface area contributed by atoms with E-state index in [4.69, 9.17) is 10.5 Å². The monoisotopic (exact) mass is 348 g/mol. The molecule has 0 saturated carbocycles. The average molecular weight is 348 g/mol. The zero-order valence-corrected chi connectivity index (χ0v) is 14.4. The van der Waals surface area contributed by atoms with Crippen LogP contribution in [0.1, 0.15) is 12.0 Å². The Kier molecular flexibility index (Phi) is 4.91. The predicted octanol–water partition coefficient (Wildman–Crippen LogP) is 0.0453. The molecule has 0 spiro atoms. The van der Waals surface area contributed by atoms with Gasteiger partial charge in [0.15, 0.2) is 0 Å². The van der Waals surface area contributed by atoms with Gasteiger partial charge in [-0.3, -0.25) is 14.5 Å². The molecule has 3 heterocycles. The molecule has 0 aliphatic carbocycles. The zero-order chi connectivity index (χ0) is 18.0. The second kappa shape index (κ2) is 6.97. The van der Waals surface area contributed by atoms with Gasteiger partial charge in [-0.25, -0.2) is 4.98 Å². The lowest BCUT2D eigenvalue weighted by atomic mass is 9.81. The first-order chi connectivity index (χ1) is 12.0. The van der Waals surface area contributed by atoms with Gasteiger partial charge >= 0.3 is 5.97 Å². The summed E-state index contributed by atoms with van der Waals surface area (Å²) < 4.78 is 4.94. The van der Waals surface area contributed by atoms with Crippen LogP contribution in [0.3, 0.4) is 0 Å². The van der Waals surface area contributed by atoms with Crippen molar-refractivity contribution < 1.29 is 19.4 Å². The molecule has 25 heavy (non-hydrogen) atoms. The van der Waals surface area contributed by atoms with E-state index < -0.39 is 11.4 Å². The van der Waals surface area contributed by atoms with Crippen LogP contribution in [0.4, 0.5) is 5.82 Å². The topological polar surface area (TPSA) is 109 Å². The first-order valence-corrected chi connectivity index (χ1v) is 8.38. The van der Waals surface area contributed by atoms with Crippen LogP contribution in [0.15, 0.2) is 18.3 Å². The number of fused-ring (bicyclic) bond motifs is 1. The number of hydrogen-bond acceptors (Lipinski definition) is 6. The van der Waals surface area contributed by atoms with Gasteiger partial charge < -0.3 is 20.5 Å². The van der Waals surface area contributed by atoms with E-state index in [1.54, 1.807) is 18.2 Å². The number of likely N-dealkylation sites (tertiary alicyclic amines) is 2. The Balaban J connectivity index is 1.70. The molecular formula is C17H24N4O4. The van der Waals surface area contributed by atoms with Crippen molar-refractivity contribution in [3.8, 4) is 0 Å². The smallest absolute Gasteiger partial charge is 0.313 e. The fraction of sp³-hybridized carbons (Fsp3) is 0.588. The third-order valence-corrected chi connectivity index (χ3v) is 5.30. The maximum absolute atomic E-state index is 12.2. The molecule has 2 aliphatic rings. The third-order valence-electron chi connectivity index (χ3n) is 5.30. The van der Waals surface area contributed by atoms with Crippen LogP contribution >= 0.6 is 0 Å². The van der Waals surface area contributed by atoms with Crippen molar-refractivity contribution in [1.82, 2.24) is 14.8 Å². The average Bonchev–Trinajstić information content (AvgIpc) is 3.10. The molecule has 3 rings (SSSR count). The summed E-state index contributed by atoms with van der Waals surface area (Å²) >= 11 is 0. The first-order valence-electron chi connectivity index (χ1n) is 8.38. The number of anilines is 1. The van der Waals surface area contributed by atoms with Crippen LogP contribution in [0, 0.1) is 11.3 Å². The van der Waals surface area contributed by atoms with Crippen LogP contribution in [0.2, 0.25) is 0 Å². The first kappa shape index (κ1) is 17.6. The summed E-state index contributed by atoms with van der Waals surface area (Å²) in [5.74, 6) is -0.476. The number of amides is 1. The lowest BCUT2D eigenvalue weighted by molar-refractivity contribution is -0.149. The number of carboxylic acids is 1. The van der Waals surface area contributed by atoms with E-state index in [0.29, 0.717) is 38.6 Å². The summed E-state index contributed by atoms with van der Waals surface area (Å²) in [5, 5.41) is 9.86. The van der Waals surface area contributed by atoms with Gasteiger partial charge in [-0.1, -0.05) is 6.07 Å². The molecule has 0 radical (unpaired) electrons. The van der Waals surface area contributed by atoms with E-state index in [2.05, 4.69) is 9.88 Å². The van der Waals surface area contributed by atoms with E-state index in [-0.39, 0.29) is 24.8 Å². The number of aliphatic carboxylic acids is 1. The lowest BCUT2D eigenvalue weighted by Gasteiger charge is -2.25. The minimum atomic E-state index is -0.903. The second-order valence-electron chi connectivity index (χ2n) is 6.89. The fourth-order valence-corrected chi connectivity index (χ4v) is 3.96. The quantitative estimate of drug-likeness (QED) is 0.747.